The van der Waals surface area contributed by atoms with E-state index in [0.29, 0.717) is 29.9 Å². The summed E-state index contributed by atoms with van der Waals surface area (Å²) in [7, 11) is 0. The van der Waals surface area contributed by atoms with Crippen LogP contribution in [0.3, 0.4) is 0 Å². The third kappa shape index (κ3) is 8.15. The van der Waals surface area contributed by atoms with Crippen LogP contribution in [0.25, 0.3) is 16.3 Å². The summed E-state index contributed by atoms with van der Waals surface area (Å²) in [4.78, 5) is 26.8. The number of carbonyl (C=O) groups excluding carboxylic acids is 1. The number of hydrogen-bond donors (Lipinski definition) is 0. The summed E-state index contributed by atoms with van der Waals surface area (Å²) >= 11 is 1.60. The molecule has 0 radical (unpaired) electrons. The predicted molar refractivity (Wildman–Crippen MR) is 193 cm³/mol. The topological polar surface area (TPSA) is 91.1 Å². The molecule has 3 aromatic heterocycles. The Balaban J connectivity index is 1.57. The minimum absolute atomic E-state index is 0.219. The van der Waals surface area contributed by atoms with Gasteiger partial charge in [-0.15, -0.1) is 17.9 Å². The molecule has 10 heteroatoms. The lowest BCUT2D eigenvalue weighted by atomic mass is 9.76. The first-order chi connectivity index (χ1) is 22.9. The van der Waals surface area contributed by atoms with Crippen LogP contribution >= 0.6 is 11.3 Å². The predicted octanol–water partition coefficient (Wildman–Crippen LogP) is 8.31. The summed E-state index contributed by atoms with van der Waals surface area (Å²) in [5.74, 6) is 1.23. The Kier molecular flexibility index (Phi) is 11.1. The summed E-state index contributed by atoms with van der Waals surface area (Å²) in [6.07, 6.45) is 9.50. The number of thiazole rings is 1. The highest BCUT2D eigenvalue weighted by Crippen LogP contribution is 2.41. The number of carbonyl (C=O) groups is 1. The third-order valence-corrected chi connectivity index (χ3v) is 9.75. The number of fused-ring (bicyclic) bond motifs is 1. The van der Waals surface area contributed by atoms with Crippen LogP contribution in [0.2, 0.25) is 0 Å². The van der Waals surface area contributed by atoms with Crippen molar-refractivity contribution in [1.82, 2.24) is 19.6 Å². The van der Waals surface area contributed by atoms with E-state index in [1.165, 1.54) is 0 Å². The molecule has 1 aliphatic rings. The number of para-hydroxylation sites is 1. The zero-order valence-electron chi connectivity index (χ0n) is 29.3. The van der Waals surface area contributed by atoms with Crippen molar-refractivity contribution in [2.75, 3.05) is 31.2 Å². The number of piperidine rings is 1. The number of benzene rings is 1. The quantitative estimate of drug-likeness (QED) is 0.0977. The minimum atomic E-state index is -0.964. The molecule has 9 nitrogen and oxygen atoms in total. The lowest BCUT2D eigenvalue weighted by molar-refractivity contribution is -0.166. The number of ether oxygens (including phenoxy) is 3. The average molecular weight is 672 g/mol. The first kappa shape index (κ1) is 35.3. The zero-order valence-corrected chi connectivity index (χ0v) is 30.1. The first-order valence-corrected chi connectivity index (χ1v) is 17.6. The molecular weight excluding hydrogens is 623 g/mol. The molecule has 4 heterocycles. The second-order valence-electron chi connectivity index (χ2n) is 13.7. The number of nitrogens with zero attached hydrogens (tertiary/aromatic N) is 5. The van der Waals surface area contributed by atoms with Gasteiger partial charge in [-0.3, -0.25) is 0 Å². The Bertz CT molecular complexity index is 1750. The second-order valence-corrected chi connectivity index (χ2v) is 14.9. The molecule has 0 bridgehead atoms. The van der Waals surface area contributed by atoms with Gasteiger partial charge >= 0.3 is 5.97 Å². The molecule has 5 rings (SSSR count). The maximum absolute atomic E-state index is 13.6. The summed E-state index contributed by atoms with van der Waals surface area (Å²) in [5, 5.41) is 5.91. The van der Waals surface area contributed by atoms with Gasteiger partial charge < -0.3 is 19.1 Å². The summed E-state index contributed by atoms with van der Waals surface area (Å²) in [6, 6.07) is 10.0. The van der Waals surface area contributed by atoms with Crippen LogP contribution < -0.4 is 9.64 Å². The van der Waals surface area contributed by atoms with Crippen molar-refractivity contribution in [3.05, 3.63) is 83.5 Å². The Morgan fingerprint density at radius 1 is 1.17 bits per heavy atom. The molecule has 1 aliphatic heterocycles. The lowest BCUT2D eigenvalue weighted by Gasteiger charge is -2.41. The third-order valence-electron chi connectivity index (χ3n) is 8.73. The lowest BCUT2D eigenvalue weighted by Crippen LogP contribution is -2.41. The van der Waals surface area contributed by atoms with Crippen LogP contribution in [0.1, 0.15) is 88.1 Å². The van der Waals surface area contributed by atoms with Gasteiger partial charge in [-0.25, -0.2) is 14.8 Å². The van der Waals surface area contributed by atoms with Crippen molar-refractivity contribution >= 4 is 28.8 Å². The highest BCUT2D eigenvalue weighted by molar-refractivity contribution is 7.15. The van der Waals surface area contributed by atoms with Crippen molar-refractivity contribution in [2.45, 2.75) is 85.4 Å². The van der Waals surface area contributed by atoms with Gasteiger partial charge in [-0.05, 0) is 77.3 Å². The number of anilines is 1. The molecule has 0 N–H and O–H groups in total. The fraction of sp³-hybridized carbons (Fsp3) is 0.474. The Morgan fingerprint density at radius 2 is 1.92 bits per heavy atom. The number of rotatable bonds is 14. The van der Waals surface area contributed by atoms with E-state index >= 15 is 0 Å². The van der Waals surface area contributed by atoms with Gasteiger partial charge in [-0.2, -0.15) is 9.61 Å². The van der Waals surface area contributed by atoms with Crippen LogP contribution in [0.5, 0.6) is 5.75 Å². The molecule has 1 aromatic carbocycles. The highest BCUT2D eigenvalue weighted by atomic mass is 32.1. The fourth-order valence-electron chi connectivity index (χ4n) is 6.22. The van der Waals surface area contributed by atoms with Crippen LogP contribution in [0.4, 0.5) is 5.82 Å². The molecule has 0 saturated carbocycles. The van der Waals surface area contributed by atoms with Gasteiger partial charge in [0.15, 0.2) is 11.8 Å². The smallest absolute Gasteiger partial charge is 0.340 e. The van der Waals surface area contributed by atoms with Gasteiger partial charge in [0.25, 0.3) is 0 Å². The van der Waals surface area contributed by atoms with E-state index in [1.54, 1.807) is 17.4 Å². The van der Waals surface area contributed by atoms with Crippen LogP contribution in [0, 0.1) is 12.3 Å². The molecule has 0 amide bonds. The standard InChI is InChI=1S/C38H49N5O4S/c1-9-12-17-38(8)18-20-42(21-19-38)35-32(33(36(44)45-11-3)47-37(5,6)7)26(4)40-31-24-29(41-43(31)35)34-39-25-28(48-34)23-27-15-13-14-16-30(27)46-22-10-2/h9-10,13-16,24-25,33H,1-2,11-12,17-23H2,3-8H3/t33-/m0/s1. The van der Waals surface area contributed by atoms with Crippen molar-refractivity contribution in [3.63, 3.8) is 0 Å². The maximum Gasteiger partial charge on any atom is 0.340 e. The van der Waals surface area contributed by atoms with Gasteiger partial charge in [0.05, 0.1) is 17.8 Å². The average Bonchev–Trinajstić information content (AvgIpc) is 3.69. The Hall–Kier alpha value is -4.02. The summed E-state index contributed by atoms with van der Waals surface area (Å²) in [6.45, 7) is 22.0. The largest absolute Gasteiger partial charge is 0.489 e. The molecule has 0 unspecified atom stereocenters. The van der Waals surface area contributed by atoms with Crippen molar-refractivity contribution < 1.29 is 19.0 Å². The zero-order chi connectivity index (χ0) is 34.5. The SMILES string of the molecule is C=CCCC1(C)CCN(c2c([C@H](OC(C)(C)C)C(=O)OCC)c(C)nc3cc(-c4ncc(Cc5ccccc5OCC=C)s4)nn23)CC1. The molecule has 0 aliphatic carbocycles. The number of aryl methyl sites for hydroxylation is 1. The summed E-state index contributed by atoms with van der Waals surface area (Å²) in [5.41, 5.74) is 3.52. The van der Waals surface area contributed by atoms with Crippen LogP contribution in [0.15, 0.2) is 61.8 Å². The highest BCUT2D eigenvalue weighted by Gasteiger charge is 2.38. The normalized spacial score (nSPS) is 15.3. The van der Waals surface area contributed by atoms with E-state index in [-0.39, 0.29) is 12.0 Å². The minimum Gasteiger partial charge on any atom is -0.489 e. The van der Waals surface area contributed by atoms with Crippen molar-refractivity contribution in [3.8, 4) is 16.5 Å². The van der Waals surface area contributed by atoms with Crippen molar-refractivity contribution in [1.29, 1.82) is 0 Å². The van der Waals surface area contributed by atoms with E-state index in [1.807, 2.05) is 75.7 Å². The molecule has 4 aromatic rings. The maximum atomic E-state index is 13.6. The van der Waals surface area contributed by atoms with Crippen LogP contribution in [-0.2, 0) is 20.7 Å². The number of aromatic nitrogens is 4. The Labute approximate surface area is 288 Å². The van der Waals surface area contributed by atoms with Gasteiger partial charge in [0.2, 0.25) is 0 Å². The molecule has 48 heavy (non-hydrogen) atoms. The van der Waals surface area contributed by atoms with E-state index in [2.05, 4.69) is 31.0 Å². The Morgan fingerprint density at radius 3 is 2.60 bits per heavy atom. The molecule has 1 atom stereocenters. The van der Waals surface area contributed by atoms with Gasteiger partial charge in [0.1, 0.15) is 28.9 Å². The molecule has 256 valence electrons. The summed E-state index contributed by atoms with van der Waals surface area (Å²) < 4.78 is 19.8. The number of esters is 1. The van der Waals surface area contributed by atoms with Crippen LogP contribution in [-0.4, -0.2) is 57.5 Å². The number of allylic oxidation sites excluding steroid dienone is 1. The van der Waals surface area contributed by atoms with E-state index < -0.39 is 17.7 Å². The first-order valence-electron chi connectivity index (χ1n) is 16.8. The molecular formula is C38H49N5O4S. The van der Waals surface area contributed by atoms with E-state index in [9.17, 15) is 4.79 Å². The fourth-order valence-corrected chi connectivity index (χ4v) is 7.11. The number of hydrogen-bond acceptors (Lipinski definition) is 9. The molecule has 0 spiro atoms. The molecule has 1 fully saturated rings. The van der Waals surface area contributed by atoms with Gasteiger partial charge in [0, 0.05) is 42.3 Å². The van der Waals surface area contributed by atoms with E-state index in [4.69, 9.17) is 29.3 Å². The van der Waals surface area contributed by atoms with Crippen molar-refractivity contribution in [2.24, 2.45) is 5.41 Å². The van der Waals surface area contributed by atoms with E-state index in [0.717, 1.165) is 71.5 Å². The monoisotopic (exact) mass is 671 g/mol. The second kappa shape index (κ2) is 15.0. The molecule has 1 saturated heterocycles. The van der Waals surface area contributed by atoms with Gasteiger partial charge in [-0.1, -0.05) is 43.9 Å².